The predicted octanol–water partition coefficient (Wildman–Crippen LogP) is 16.7. The van der Waals surface area contributed by atoms with Gasteiger partial charge in [-0.1, -0.05) is 237 Å². The zero-order valence-electron chi connectivity index (χ0n) is 40.6. The molecule has 67 heavy (non-hydrogen) atoms. The van der Waals surface area contributed by atoms with E-state index in [0.717, 1.165) is 77.5 Å². The van der Waals surface area contributed by atoms with Crippen molar-refractivity contribution in [2.45, 2.75) is 10.8 Å². The van der Waals surface area contributed by atoms with Crippen molar-refractivity contribution in [2.24, 2.45) is 0 Å². The van der Waals surface area contributed by atoms with Crippen LogP contribution in [-0.2, 0) is 10.8 Å². The minimum Gasteiger partial charge on any atom is -0.310 e. The number of rotatable bonds is 8. The highest BCUT2D eigenvalue weighted by Crippen LogP contribution is 2.59. The van der Waals surface area contributed by atoms with Gasteiger partial charge in [0.15, 0.2) is 0 Å². The SMILES string of the molecule is [2H]c1c([2H])c(C2(c3ccccc3)c3ccccc3-c3ccccc32)c([2H])c([2H])c1N(c1ccc(-c2cccc3ccccc23)cc1)c1ccc2c(c1)C(c1ccccc1)(c1ccccc1)c1ccccc1-2. The fourth-order valence-corrected chi connectivity index (χ4v) is 11.5. The number of anilines is 3. The summed E-state index contributed by atoms with van der Waals surface area (Å²) < 4.78 is 41.3. The van der Waals surface area contributed by atoms with E-state index in [0.29, 0.717) is 16.9 Å². The molecule has 0 spiro atoms. The van der Waals surface area contributed by atoms with Gasteiger partial charge in [0.2, 0.25) is 0 Å². The third kappa shape index (κ3) is 5.81. The molecule has 314 valence electrons. The molecule has 0 atom stereocenters. The van der Waals surface area contributed by atoms with Crippen LogP contribution in [0, 0.1) is 0 Å². The zero-order valence-corrected chi connectivity index (χ0v) is 36.6. The van der Waals surface area contributed by atoms with Crippen LogP contribution in [-0.4, -0.2) is 0 Å². The summed E-state index contributed by atoms with van der Waals surface area (Å²) in [6, 6.07) is 85.6. The Morgan fingerprint density at radius 3 is 1.25 bits per heavy atom. The monoisotopic (exact) mass is 855 g/mol. The van der Waals surface area contributed by atoms with Gasteiger partial charge in [0.25, 0.3) is 0 Å². The van der Waals surface area contributed by atoms with Crippen molar-refractivity contribution in [1.29, 1.82) is 0 Å². The lowest BCUT2D eigenvalue weighted by molar-refractivity contribution is 0.768. The first kappa shape index (κ1) is 34.8. The fraction of sp³-hybridized carbons (Fsp3) is 0.0303. The van der Waals surface area contributed by atoms with Crippen molar-refractivity contribution in [3.63, 3.8) is 0 Å². The molecule has 0 radical (unpaired) electrons. The topological polar surface area (TPSA) is 3.24 Å². The third-order valence-electron chi connectivity index (χ3n) is 14.3. The Morgan fingerprint density at radius 1 is 0.284 bits per heavy atom. The maximum Gasteiger partial charge on any atom is 0.0714 e. The zero-order chi connectivity index (χ0) is 47.8. The third-order valence-corrected chi connectivity index (χ3v) is 14.3. The van der Waals surface area contributed by atoms with Gasteiger partial charge in [0.1, 0.15) is 0 Å². The van der Waals surface area contributed by atoms with Gasteiger partial charge in [-0.25, -0.2) is 0 Å². The van der Waals surface area contributed by atoms with E-state index >= 15 is 0 Å². The normalized spacial score (nSPS) is 14.4. The molecule has 0 heterocycles. The summed E-state index contributed by atoms with van der Waals surface area (Å²) in [5, 5.41) is 2.30. The molecular weight excluding hydrogens is 807 g/mol. The van der Waals surface area contributed by atoms with Crippen LogP contribution in [0.2, 0.25) is 0 Å². The van der Waals surface area contributed by atoms with Crippen LogP contribution in [0.15, 0.2) is 273 Å². The lowest BCUT2D eigenvalue weighted by atomic mass is 9.67. The fourth-order valence-electron chi connectivity index (χ4n) is 11.5. The molecule has 0 unspecified atom stereocenters. The molecule has 0 aliphatic heterocycles. The second kappa shape index (κ2) is 15.6. The molecule has 2 aliphatic carbocycles. The summed E-state index contributed by atoms with van der Waals surface area (Å²) >= 11 is 0. The van der Waals surface area contributed by atoms with Gasteiger partial charge in [-0.2, -0.15) is 0 Å². The van der Waals surface area contributed by atoms with Crippen molar-refractivity contribution in [1.82, 2.24) is 0 Å². The van der Waals surface area contributed by atoms with E-state index in [1.807, 2.05) is 47.4 Å². The summed E-state index contributed by atoms with van der Waals surface area (Å²) in [4.78, 5) is 1.95. The first-order chi connectivity index (χ1) is 34.9. The van der Waals surface area contributed by atoms with Gasteiger partial charge in [-0.15, -0.1) is 0 Å². The van der Waals surface area contributed by atoms with Crippen molar-refractivity contribution < 1.29 is 5.48 Å². The quantitative estimate of drug-likeness (QED) is 0.147. The van der Waals surface area contributed by atoms with Crippen molar-refractivity contribution in [2.75, 3.05) is 4.90 Å². The highest BCUT2D eigenvalue weighted by atomic mass is 15.1. The highest BCUT2D eigenvalue weighted by molar-refractivity contribution is 5.97. The lowest BCUT2D eigenvalue weighted by Crippen LogP contribution is -2.29. The lowest BCUT2D eigenvalue weighted by Gasteiger charge is -2.35. The van der Waals surface area contributed by atoms with E-state index in [1.165, 1.54) is 5.56 Å². The summed E-state index contributed by atoms with van der Waals surface area (Å²) in [5.74, 6) is 0. The van der Waals surface area contributed by atoms with Crippen LogP contribution in [0.4, 0.5) is 17.1 Å². The Kier molecular flexibility index (Phi) is 8.10. The maximum absolute atomic E-state index is 10.3. The van der Waals surface area contributed by atoms with Crippen LogP contribution < -0.4 is 4.90 Å². The summed E-state index contributed by atoms with van der Waals surface area (Å²) in [7, 11) is 0. The molecule has 2 aliphatic rings. The van der Waals surface area contributed by atoms with Crippen LogP contribution in [0.1, 0.15) is 50.0 Å². The second-order valence-electron chi connectivity index (χ2n) is 17.6. The molecule has 0 bridgehead atoms. The van der Waals surface area contributed by atoms with Crippen LogP contribution in [0.5, 0.6) is 0 Å². The van der Waals surface area contributed by atoms with E-state index in [1.54, 1.807) is 0 Å². The number of fused-ring (bicyclic) bond motifs is 7. The molecule has 1 nitrogen and oxygen atoms in total. The smallest absolute Gasteiger partial charge is 0.0714 e. The Balaban J connectivity index is 1.09. The average molecular weight is 856 g/mol. The van der Waals surface area contributed by atoms with Gasteiger partial charge in [0, 0.05) is 17.1 Å². The number of hydrogen-bond donors (Lipinski definition) is 0. The van der Waals surface area contributed by atoms with E-state index in [-0.39, 0.29) is 29.9 Å². The molecule has 13 rings (SSSR count). The van der Waals surface area contributed by atoms with E-state index < -0.39 is 10.8 Å². The Bertz CT molecular complexity index is 3750. The highest BCUT2D eigenvalue weighted by Gasteiger charge is 2.47. The number of nitrogens with zero attached hydrogens (tertiary/aromatic N) is 1. The first-order valence-electron chi connectivity index (χ1n) is 25.0. The molecule has 0 saturated heterocycles. The molecule has 11 aromatic carbocycles. The standard InChI is InChI=1S/C66H45N/c1-4-21-48(22-5-1)65(61-32-15-12-28-57(61)58-29-13-16-33-62(58)65)51-37-41-53(42-38-51)67(52-39-35-47(36-40-52)56-31-18-20-46-19-10-11-27-55(46)56)54-43-44-60-59-30-14-17-34-63(59)66(64(60)45-54,49-23-6-2-7-24-49)50-25-8-3-9-26-50/h1-45H/i37D,38D,41D,42D. The molecule has 0 fully saturated rings. The predicted molar refractivity (Wildman–Crippen MR) is 279 cm³/mol. The minimum absolute atomic E-state index is 0.0924. The van der Waals surface area contributed by atoms with Crippen molar-refractivity contribution in [3.8, 4) is 33.4 Å². The minimum atomic E-state index is -1.14. The second-order valence-corrected chi connectivity index (χ2v) is 17.6. The molecule has 1 heteroatoms. The molecule has 0 aromatic heterocycles. The number of hydrogen-bond acceptors (Lipinski definition) is 1. The van der Waals surface area contributed by atoms with Gasteiger partial charge in [0.05, 0.1) is 16.3 Å². The number of benzene rings is 11. The van der Waals surface area contributed by atoms with Gasteiger partial charge in [-0.05, 0) is 125 Å². The van der Waals surface area contributed by atoms with Crippen molar-refractivity contribution >= 4 is 27.8 Å². The Hall–Kier alpha value is -8.52. The summed E-state index contributed by atoms with van der Waals surface area (Å²) in [5.41, 5.74) is 13.7. The van der Waals surface area contributed by atoms with Crippen molar-refractivity contribution in [3.05, 3.63) is 317 Å². The Labute approximate surface area is 398 Å². The molecule has 0 amide bonds. The first-order valence-corrected chi connectivity index (χ1v) is 23.0. The average Bonchev–Trinajstić information content (AvgIpc) is 3.90. The van der Waals surface area contributed by atoms with Gasteiger partial charge in [-0.3, -0.25) is 0 Å². The van der Waals surface area contributed by atoms with E-state index in [2.05, 4.69) is 206 Å². The Morgan fingerprint density at radius 2 is 0.701 bits per heavy atom. The molecule has 0 saturated carbocycles. The van der Waals surface area contributed by atoms with Gasteiger partial charge < -0.3 is 4.90 Å². The summed E-state index contributed by atoms with van der Waals surface area (Å²) in [6.45, 7) is 0. The maximum atomic E-state index is 10.3. The van der Waals surface area contributed by atoms with Crippen LogP contribution in [0.25, 0.3) is 44.2 Å². The largest absolute Gasteiger partial charge is 0.310 e. The molecule has 0 N–H and O–H groups in total. The van der Waals surface area contributed by atoms with Crippen LogP contribution in [0.3, 0.4) is 0 Å². The summed E-state index contributed by atoms with van der Waals surface area (Å²) in [6.07, 6.45) is 0. The molecular formula is C66H45N. The van der Waals surface area contributed by atoms with E-state index in [9.17, 15) is 5.48 Å². The van der Waals surface area contributed by atoms with E-state index in [4.69, 9.17) is 0 Å². The van der Waals surface area contributed by atoms with Crippen LogP contribution >= 0.6 is 0 Å². The van der Waals surface area contributed by atoms with Gasteiger partial charge >= 0.3 is 0 Å². The molecule has 11 aromatic rings.